The average molecular weight is 461 g/mol. The summed E-state index contributed by atoms with van der Waals surface area (Å²) in [5.41, 5.74) is 11.1. The molecule has 0 fully saturated rings. The van der Waals surface area contributed by atoms with Crippen molar-refractivity contribution in [3.63, 3.8) is 0 Å². The number of hydrogen-bond acceptors (Lipinski definition) is 0. The molecule has 0 saturated carbocycles. The minimum absolute atomic E-state index is 0.0564. The van der Waals surface area contributed by atoms with Crippen molar-refractivity contribution in [3.8, 4) is 22.3 Å². The molecule has 0 spiro atoms. The number of fused-ring (bicyclic) bond motifs is 5. The molecule has 0 bridgehead atoms. The normalized spacial score (nSPS) is 16.2. The Balaban J connectivity index is 1.49. The summed E-state index contributed by atoms with van der Waals surface area (Å²) < 4.78 is 0. The lowest BCUT2D eigenvalue weighted by molar-refractivity contribution is 0.644. The van der Waals surface area contributed by atoms with E-state index in [2.05, 4.69) is 125 Å². The Morgan fingerprint density at radius 1 is 0.361 bits per heavy atom. The maximum atomic E-state index is 2.48. The van der Waals surface area contributed by atoms with E-state index in [4.69, 9.17) is 0 Å². The van der Waals surface area contributed by atoms with Crippen LogP contribution in [-0.2, 0) is 10.8 Å². The molecule has 0 N–H and O–H groups in total. The van der Waals surface area contributed by atoms with Gasteiger partial charge >= 0.3 is 0 Å². The highest BCUT2D eigenvalue weighted by atomic mass is 14.4. The Bertz CT molecular complexity index is 1780. The van der Waals surface area contributed by atoms with Crippen molar-refractivity contribution < 1.29 is 0 Å². The first-order valence-corrected chi connectivity index (χ1v) is 13.0. The molecule has 172 valence electrons. The molecule has 0 aliphatic heterocycles. The summed E-state index contributed by atoms with van der Waals surface area (Å²) in [6, 6.07) is 37.0. The molecule has 0 amide bonds. The molecule has 0 atom stereocenters. The summed E-state index contributed by atoms with van der Waals surface area (Å²) in [6.07, 6.45) is 0. The van der Waals surface area contributed by atoms with Gasteiger partial charge in [0.2, 0.25) is 0 Å². The fourth-order valence-corrected chi connectivity index (χ4v) is 7.29. The van der Waals surface area contributed by atoms with E-state index in [0.717, 1.165) is 0 Å². The SMILES string of the molecule is CC1(C)c2cc3cc4c(cc3cc2-c2cccc3cccc1c23)C(C)(C)c1cccc2cccc-4c12. The molecule has 6 aromatic carbocycles. The van der Waals surface area contributed by atoms with Crippen LogP contribution in [0.25, 0.3) is 54.6 Å². The Hall–Kier alpha value is -3.90. The topological polar surface area (TPSA) is 0 Å². The van der Waals surface area contributed by atoms with E-state index >= 15 is 0 Å². The second kappa shape index (κ2) is 6.45. The van der Waals surface area contributed by atoms with Crippen LogP contribution in [0.5, 0.6) is 0 Å². The van der Waals surface area contributed by atoms with E-state index in [-0.39, 0.29) is 10.8 Å². The molecular weight excluding hydrogens is 432 g/mol. The van der Waals surface area contributed by atoms with Gasteiger partial charge in [0.15, 0.2) is 0 Å². The van der Waals surface area contributed by atoms with Crippen LogP contribution < -0.4 is 0 Å². The van der Waals surface area contributed by atoms with Crippen molar-refractivity contribution >= 4 is 32.3 Å². The Morgan fingerprint density at radius 3 is 1.17 bits per heavy atom. The van der Waals surface area contributed by atoms with Crippen LogP contribution in [0.4, 0.5) is 0 Å². The Labute approximate surface area is 212 Å². The van der Waals surface area contributed by atoms with E-state index < -0.39 is 0 Å². The predicted molar refractivity (Wildman–Crippen MR) is 154 cm³/mol. The van der Waals surface area contributed by atoms with Crippen LogP contribution in [0.15, 0.2) is 97.1 Å². The molecule has 6 aromatic rings. The zero-order valence-corrected chi connectivity index (χ0v) is 21.2. The highest BCUT2D eigenvalue weighted by molar-refractivity contribution is 6.08. The van der Waals surface area contributed by atoms with Crippen LogP contribution >= 0.6 is 0 Å². The third-order valence-corrected chi connectivity index (χ3v) is 9.20. The van der Waals surface area contributed by atoms with Gasteiger partial charge in [0.05, 0.1) is 0 Å². The zero-order valence-electron chi connectivity index (χ0n) is 21.2. The summed E-state index contributed by atoms with van der Waals surface area (Å²) in [6.45, 7) is 9.56. The fourth-order valence-electron chi connectivity index (χ4n) is 7.29. The summed E-state index contributed by atoms with van der Waals surface area (Å²) >= 11 is 0. The molecule has 0 aromatic heterocycles. The standard InChI is InChI=1S/C36H28/c1-35(2)29-15-7-11-21-9-5-13-25(33(21)29)27-17-24-20-32-28(18-23(24)19-31(27)35)26-14-6-10-22-12-8-16-30(34(22)26)36(32,3)4/h5-20H,1-4H3. The Kier molecular flexibility index (Phi) is 3.64. The van der Waals surface area contributed by atoms with Crippen molar-refractivity contribution in [1.82, 2.24) is 0 Å². The van der Waals surface area contributed by atoms with Gasteiger partial charge < -0.3 is 0 Å². The van der Waals surface area contributed by atoms with E-state index in [1.165, 1.54) is 76.8 Å². The van der Waals surface area contributed by atoms with E-state index in [9.17, 15) is 0 Å². The minimum atomic E-state index is -0.0564. The first-order valence-electron chi connectivity index (χ1n) is 13.0. The van der Waals surface area contributed by atoms with Crippen molar-refractivity contribution in [2.75, 3.05) is 0 Å². The molecule has 0 heteroatoms. The van der Waals surface area contributed by atoms with E-state index in [1.54, 1.807) is 0 Å². The summed E-state index contributed by atoms with van der Waals surface area (Å²) in [5, 5.41) is 8.16. The van der Waals surface area contributed by atoms with Gasteiger partial charge in [-0.1, -0.05) is 100 Å². The fraction of sp³-hybridized carbons (Fsp3) is 0.167. The van der Waals surface area contributed by atoms with Gasteiger partial charge in [-0.2, -0.15) is 0 Å². The van der Waals surface area contributed by atoms with E-state index in [1.807, 2.05) is 0 Å². The summed E-state index contributed by atoms with van der Waals surface area (Å²) in [7, 11) is 0. The number of hydrogen-bond donors (Lipinski definition) is 0. The molecule has 2 aliphatic carbocycles. The third kappa shape index (κ3) is 2.35. The zero-order chi connectivity index (χ0) is 24.4. The molecule has 8 rings (SSSR count). The van der Waals surface area contributed by atoms with Crippen LogP contribution in [0.1, 0.15) is 49.9 Å². The molecule has 0 radical (unpaired) electrons. The second-order valence-corrected chi connectivity index (χ2v) is 11.8. The monoisotopic (exact) mass is 460 g/mol. The van der Waals surface area contributed by atoms with Crippen LogP contribution in [0.2, 0.25) is 0 Å². The lowest BCUT2D eigenvalue weighted by Crippen LogP contribution is -2.24. The summed E-state index contributed by atoms with van der Waals surface area (Å²) in [4.78, 5) is 0. The molecule has 0 nitrogen and oxygen atoms in total. The van der Waals surface area contributed by atoms with Crippen molar-refractivity contribution in [1.29, 1.82) is 0 Å². The smallest absolute Gasteiger partial charge is 0.0159 e. The summed E-state index contributed by atoms with van der Waals surface area (Å²) in [5.74, 6) is 0. The maximum absolute atomic E-state index is 2.48. The molecule has 0 unspecified atom stereocenters. The van der Waals surface area contributed by atoms with E-state index in [0.29, 0.717) is 0 Å². The van der Waals surface area contributed by atoms with Crippen molar-refractivity contribution in [2.24, 2.45) is 0 Å². The largest absolute Gasteiger partial charge is 0.0613 e. The molecule has 36 heavy (non-hydrogen) atoms. The number of rotatable bonds is 0. The first kappa shape index (κ1) is 20.3. The lowest BCUT2D eigenvalue weighted by Gasteiger charge is -2.37. The van der Waals surface area contributed by atoms with Crippen LogP contribution in [-0.4, -0.2) is 0 Å². The predicted octanol–water partition coefficient (Wildman–Crippen LogP) is 9.76. The first-order chi connectivity index (χ1) is 17.4. The molecular formula is C36H28. The van der Waals surface area contributed by atoms with Gasteiger partial charge in [-0.15, -0.1) is 0 Å². The quantitative estimate of drug-likeness (QED) is 0.212. The lowest BCUT2D eigenvalue weighted by atomic mass is 9.66. The van der Waals surface area contributed by atoms with Crippen molar-refractivity contribution in [2.45, 2.75) is 38.5 Å². The van der Waals surface area contributed by atoms with Gasteiger partial charge in [0.1, 0.15) is 0 Å². The van der Waals surface area contributed by atoms with Gasteiger partial charge in [0.25, 0.3) is 0 Å². The van der Waals surface area contributed by atoms with Gasteiger partial charge in [-0.05, 0) is 101 Å². The third-order valence-electron chi connectivity index (χ3n) is 9.20. The Morgan fingerprint density at radius 2 is 0.750 bits per heavy atom. The van der Waals surface area contributed by atoms with Gasteiger partial charge in [0, 0.05) is 10.8 Å². The minimum Gasteiger partial charge on any atom is -0.0613 e. The molecule has 0 heterocycles. The van der Waals surface area contributed by atoms with Crippen LogP contribution in [0, 0.1) is 0 Å². The molecule has 2 aliphatic rings. The highest BCUT2D eigenvalue weighted by Crippen LogP contribution is 2.52. The molecule has 0 saturated heterocycles. The number of benzene rings is 6. The van der Waals surface area contributed by atoms with Gasteiger partial charge in [-0.25, -0.2) is 0 Å². The van der Waals surface area contributed by atoms with Crippen molar-refractivity contribution in [3.05, 3.63) is 119 Å². The van der Waals surface area contributed by atoms with Crippen LogP contribution in [0.3, 0.4) is 0 Å². The second-order valence-electron chi connectivity index (χ2n) is 11.8. The van der Waals surface area contributed by atoms with Gasteiger partial charge in [-0.3, -0.25) is 0 Å². The average Bonchev–Trinajstić information content (AvgIpc) is 2.89. The highest BCUT2D eigenvalue weighted by Gasteiger charge is 2.36. The maximum Gasteiger partial charge on any atom is 0.0159 e.